The van der Waals surface area contributed by atoms with Gasteiger partial charge in [0.05, 0.1) is 25.4 Å². The molecule has 0 saturated carbocycles. The Morgan fingerprint density at radius 3 is 1.06 bits per heavy atom. The molecular formula is C58H113NO5. The molecule has 0 aliphatic rings. The maximum absolute atomic E-state index is 12.5. The number of aliphatic hydroxyl groups excluding tert-OH is 2. The van der Waals surface area contributed by atoms with Crippen LogP contribution in [0.3, 0.4) is 0 Å². The predicted molar refractivity (Wildman–Crippen MR) is 278 cm³/mol. The van der Waals surface area contributed by atoms with Gasteiger partial charge in [-0.25, -0.2) is 0 Å². The van der Waals surface area contributed by atoms with Crippen LogP contribution in [0, 0.1) is 0 Å². The van der Waals surface area contributed by atoms with Crippen LogP contribution in [0.5, 0.6) is 0 Å². The normalized spacial score (nSPS) is 12.6. The summed E-state index contributed by atoms with van der Waals surface area (Å²) in [7, 11) is 0. The summed E-state index contributed by atoms with van der Waals surface area (Å²) in [5.74, 6) is -0.0592. The molecule has 0 aromatic rings. The van der Waals surface area contributed by atoms with E-state index >= 15 is 0 Å². The average molecular weight is 905 g/mol. The standard InChI is InChI=1S/C58H113NO5/c1-3-5-7-9-11-13-15-17-18-24-27-30-34-38-42-46-50-56(61)55(54-60)59-57(62)51-47-43-39-35-31-28-25-22-20-19-21-23-26-29-33-37-41-45-49-53-64-58(63)52-48-44-40-36-32-16-14-12-10-8-6-4-2/h46,50,55-56,60-61H,3-45,47-49,51-54H2,1-2H3,(H,59,62)/b50-46+. The number of esters is 1. The molecule has 0 aromatic carbocycles. The number of aliphatic hydroxyl groups is 2. The Morgan fingerprint density at radius 2 is 0.719 bits per heavy atom. The van der Waals surface area contributed by atoms with Crippen molar-refractivity contribution < 1.29 is 24.5 Å². The van der Waals surface area contributed by atoms with Crippen LogP contribution < -0.4 is 5.32 Å². The van der Waals surface area contributed by atoms with Gasteiger partial charge in [-0.05, 0) is 32.1 Å². The molecule has 0 bridgehead atoms. The highest BCUT2D eigenvalue weighted by molar-refractivity contribution is 5.76. The van der Waals surface area contributed by atoms with Gasteiger partial charge in [0.1, 0.15) is 0 Å². The van der Waals surface area contributed by atoms with E-state index in [1.165, 1.54) is 257 Å². The Balaban J connectivity index is 3.42. The number of rotatable bonds is 54. The van der Waals surface area contributed by atoms with Crippen molar-refractivity contribution in [1.82, 2.24) is 5.32 Å². The van der Waals surface area contributed by atoms with E-state index in [9.17, 15) is 19.8 Å². The molecule has 0 fully saturated rings. The SMILES string of the molecule is CCCCCCCCCCCCCCCC/C=C/C(O)C(CO)NC(=O)CCCCCCCCCCCCCCCCCCCCCOC(=O)CCCCCCCCCCCCCC. The number of hydrogen-bond acceptors (Lipinski definition) is 5. The maximum Gasteiger partial charge on any atom is 0.305 e. The highest BCUT2D eigenvalue weighted by Gasteiger charge is 2.18. The molecule has 0 radical (unpaired) electrons. The van der Waals surface area contributed by atoms with E-state index < -0.39 is 12.1 Å². The van der Waals surface area contributed by atoms with Crippen molar-refractivity contribution >= 4 is 11.9 Å². The number of hydrogen-bond donors (Lipinski definition) is 3. The van der Waals surface area contributed by atoms with Crippen molar-refractivity contribution in [2.45, 2.75) is 334 Å². The summed E-state index contributed by atoms with van der Waals surface area (Å²) >= 11 is 0. The quantitative estimate of drug-likeness (QED) is 0.0321. The summed E-state index contributed by atoms with van der Waals surface area (Å²) in [5, 5.41) is 23.1. The first-order valence-electron chi connectivity index (χ1n) is 29.0. The molecule has 6 heteroatoms. The fourth-order valence-corrected chi connectivity index (χ4v) is 9.11. The second-order valence-electron chi connectivity index (χ2n) is 20.0. The second kappa shape index (κ2) is 54.2. The molecular weight excluding hydrogens is 791 g/mol. The van der Waals surface area contributed by atoms with Crippen LogP contribution in [0.4, 0.5) is 0 Å². The van der Waals surface area contributed by atoms with Gasteiger partial charge in [0.2, 0.25) is 5.91 Å². The monoisotopic (exact) mass is 904 g/mol. The minimum Gasteiger partial charge on any atom is -0.466 e. The van der Waals surface area contributed by atoms with Gasteiger partial charge in [-0.3, -0.25) is 9.59 Å². The fourth-order valence-electron chi connectivity index (χ4n) is 9.11. The Kier molecular flexibility index (Phi) is 53.0. The number of amides is 1. The van der Waals surface area contributed by atoms with E-state index in [-0.39, 0.29) is 18.5 Å². The largest absolute Gasteiger partial charge is 0.466 e. The van der Waals surface area contributed by atoms with Gasteiger partial charge in [0.15, 0.2) is 0 Å². The van der Waals surface area contributed by atoms with E-state index in [0.29, 0.717) is 19.4 Å². The van der Waals surface area contributed by atoms with Crippen LogP contribution in [0.2, 0.25) is 0 Å². The van der Waals surface area contributed by atoms with Crippen LogP contribution in [0.25, 0.3) is 0 Å². The van der Waals surface area contributed by atoms with Crippen molar-refractivity contribution in [1.29, 1.82) is 0 Å². The summed E-state index contributed by atoms with van der Waals surface area (Å²) in [6.07, 6.45) is 63.7. The zero-order chi connectivity index (χ0) is 46.5. The third-order valence-electron chi connectivity index (χ3n) is 13.6. The van der Waals surface area contributed by atoms with Crippen LogP contribution in [0.15, 0.2) is 12.2 Å². The fraction of sp³-hybridized carbons (Fsp3) is 0.931. The Hall–Kier alpha value is -1.40. The number of nitrogens with one attached hydrogen (secondary N) is 1. The third-order valence-corrected chi connectivity index (χ3v) is 13.6. The lowest BCUT2D eigenvalue weighted by Crippen LogP contribution is -2.45. The number of allylic oxidation sites excluding steroid dienone is 1. The number of carbonyl (C=O) groups is 2. The molecule has 6 nitrogen and oxygen atoms in total. The van der Waals surface area contributed by atoms with E-state index in [0.717, 1.165) is 38.5 Å². The molecule has 2 atom stereocenters. The van der Waals surface area contributed by atoms with Gasteiger partial charge in [0.25, 0.3) is 0 Å². The van der Waals surface area contributed by atoms with Gasteiger partial charge < -0.3 is 20.3 Å². The van der Waals surface area contributed by atoms with E-state index in [1.807, 2.05) is 6.08 Å². The number of unbranched alkanes of at least 4 members (excludes halogenated alkanes) is 43. The maximum atomic E-state index is 12.5. The highest BCUT2D eigenvalue weighted by Crippen LogP contribution is 2.17. The first kappa shape index (κ1) is 62.6. The van der Waals surface area contributed by atoms with Crippen molar-refractivity contribution in [2.24, 2.45) is 0 Å². The highest BCUT2D eigenvalue weighted by atomic mass is 16.5. The minimum atomic E-state index is -0.845. The Morgan fingerprint density at radius 1 is 0.422 bits per heavy atom. The zero-order valence-corrected chi connectivity index (χ0v) is 43.3. The Labute approximate surface area is 399 Å². The minimum absolute atomic E-state index is 0.00942. The molecule has 2 unspecified atom stereocenters. The lowest BCUT2D eigenvalue weighted by Gasteiger charge is -2.20. The van der Waals surface area contributed by atoms with Crippen LogP contribution in [-0.2, 0) is 14.3 Å². The van der Waals surface area contributed by atoms with Gasteiger partial charge in [-0.2, -0.15) is 0 Å². The van der Waals surface area contributed by atoms with Crippen molar-refractivity contribution in [3.63, 3.8) is 0 Å². The van der Waals surface area contributed by atoms with E-state index in [4.69, 9.17) is 4.74 Å². The molecule has 64 heavy (non-hydrogen) atoms. The molecule has 0 aliphatic carbocycles. The zero-order valence-electron chi connectivity index (χ0n) is 43.3. The summed E-state index contributed by atoms with van der Waals surface area (Å²) in [4.78, 5) is 24.5. The van der Waals surface area contributed by atoms with Crippen molar-refractivity contribution in [2.75, 3.05) is 13.2 Å². The summed E-state index contributed by atoms with van der Waals surface area (Å²) in [6.45, 7) is 4.91. The molecule has 380 valence electrons. The first-order valence-corrected chi connectivity index (χ1v) is 29.0. The van der Waals surface area contributed by atoms with Gasteiger partial charge >= 0.3 is 5.97 Å². The Bertz CT molecular complexity index is 955. The summed E-state index contributed by atoms with van der Waals surface area (Å²) in [5.41, 5.74) is 0. The molecule has 1 amide bonds. The summed E-state index contributed by atoms with van der Waals surface area (Å²) < 4.78 is 5.47. The smallest absolute Gasteiger partial charge is 0.305 e. The molecule has 0 aliphatic heterocycles. The van der Waals surface area contributed by atoms with Crippen LogP contribution >= 0.6 is 0 Å². The average Bonchev–Trinajstić information content (AvgIpc) is 3.29. The van der Waals surface area contributed by atoms with E-state index in [2.05, 4.69) is 19.2 Å². The van der Waals surface area contributed by atoms with E-state index in [1.54, 1.807) is 6.08 Å². The second-order valence-corrected chi connectivity index (χ2v) is 20.0. The molecule has 3 N–H and O–H groups in total. The molecule has 0 spiro atoms. The van der Waals surface area contributed by atoms with Crippen molar-refractivity contribution in [3.8, 4) is 0 Å². The topological polar surface area (TPSA) is 95.9 Å². The molecule has 0 saturated heterocycles. The van der Waals surface area contributed by atoms with Crippen LogP contribution in [-0.4, -0.2) is 47.4 Å². The van der Waals surface area contributed by atoms with Crippen molar-refractivity contribution in [3.05, 3.63) is 12.2 Å². The number of ether oxygens (including phenoxy) is 1. The third kappa shape index (κ3) is 50.0. The van der Waals surface area contributed by atoms with Gasteiger partial charge in [0, 0.05) is 12.8 Å². The first-order chi connectivity index (χ1) is 31.5. The molecule has 0 aromatic heterocycles. The van der Waals surface area contributed by atoms with Gasteiger partial charge in [-0.15, -0.1) is 0 Å². The lowest BCUT2D eigenvalue weighted by molar-refractivity contribution is -0.143. The predicted octanol–water partition coefficient (Wildman–Crippen LogP) is 17.7. The lowest BCUT2D eigenvalue weighted by atomic mass is 10.0. The number of carbonyl (C=O) groups excluding carboxylic acids is 2. The van der Waals surface area contributed by atoms with Gasteiger partial charge in [-0.1, -0.05) is 289 Å². The van der Waals surface area contributed by atoms with Crippen LogP contribution in [0.1, 0.15) is 322 Å². The summed E-state index contributed by atoms with van der Waals surface area (Å²) in [6, 6.07) is -0.629. The molecule has 0 rings (SSSR count). The molecule has 0 heterocycles.